The fraction of sp³-hybridized carbons (Fsp3) is 0.263. The van der Waals surface area contributed by atoms with Gasteiger partial charge in [-0.2, -0.15) is 5.10 Å². The van der Waals surface area contributed by atoms with Crippen molar-refractivity contribution in [2.75, 3.05) is 20.8 Å². The Hall–Kier alpha value is -3.02. The zero-order valence-electron chi connectivity index (χ0n) is 14.2. The van der Waals surface area contributed by atoms with Crippen molar-refractivity contribution in [3.05, 3.63) is 53.6 Å². The van der Waals surface area contributed by atoms with E-state index >= 15 is 0 Å². The third-order valence-electron chi connectivity index (χ3n) is 4.08. The molecule has 0 saturated carbocycles. The number of phenolic OH excluding ortho intramolecular Hbond substituents is 1. The minimum atomic E-state index is -0.104. The molecular formula is C19H20N2O4. The van der Waals surface area contributed by atoms with Crippen LogP contribution < -0.4 is 9.47 Å². The van der Waals surface area contributed by atoms with Crippen LogP contribution in [-0.2, 0) is 11.2 Å². The highest BCUT2D eigenvalue weighted by atomic mass is 16.5. The first-order valence-electron chi connectivity index (χ1n) is 7.99. The maximum Gasteiger partial charge on any atom is 0.247 e. The second-order valence-electron chi connectivity index (χ2n) is 5.73. The van der Waals surface area contributed by atoms with Gasteiger partial charge in [0, 0.05) is 18.1 Å². The fourth-order valence-corrected chi connectivity index (χ4v) is 2.80. The van der Waals surface area contributed by atoms with Gasteiger partial charge in [-0.05, 0) is 29.8 Å². The predicted octanol–water partition coefficient (Wildman–Crippen LogP) is 2.59. The summed E-state index contributed by atoms with van der Waals surface area (Å²) in [6.07, 6.45) is 0.861. The van der Waals surface area contributed by atoms with E-state index in [1.807, 2.05) is 18.2 Å². The molecule has 0 bridgehead atoms. The van der Waals surface area contributed by atoms with Crippen LogP contribution in [0.2, 0.25) is 0 Å². The number of phenols is 1. The number of aromatic hydroxyl groups is 1. The molecule has 1 aliphatic heterocycles. The number of amides is 1. The van der Waals surface area contributed by atoms with E-state index < -0.39 is 0 Å². The molecule has 0 radical (unpaired) electrons. The molecule has 1 aliphatic rings. The normalized spacial score (nSPS) is 13.5. The van der Waals surface area contributed by atoms with Crippen LogP contribution >= 0.6 is 0 Å². The molecule has 0 aromatic heterocycles. The van der Waals surface area contributed by atoms with Gasteiger partial charge < -0.3 is 14.6 Å². The monoisotopic (exact) mass is 340 g/mol. The molecule has 6 heteroatoms. The molecule has 130 valence electrons. The van der Waals surface area contributed by atoms with Crippen LogP contribution in [-0.4, -0.2) is 42.5 Å². The highest BCUT2D eigenvalue weighted by Gasteiger charge is 2.23. The van der Waals surface area contributed by atoms with Crippen LogP contribution in [0.15, 0.2) is 47.6 Å². The summed E-state index contributed by atoms with van der Waals surface area (Å²) in [6, 6.07) is 12.2. The summed E-state index contributed by atoms with van der Waals surface area (Å²) in [5.74, 6) is 1.42. The van der Waals surface area contributed by atoms with Gasteiger partial charge in [0.05, 0.1) is 32.9 Å². The largest absolute Gasteiger partial charge is 0.508 e. The van der Waals surface area contributed by atoms with Crippen molar-refractivity contribution in [3.8, 4) is 17.2 Å². The third kappa shape index (κ3) is 3.74. The molecule has 0 unspecified atom stereocenters. The molecule has 1 heterocycles. The van der Waals surface area contributed by atoms with E-state index in [9.17, 15) is 9.90 Å². The highest BCUT2D eigenvalue weighted by molar-refractivity contribution is 6.05. The standard InChI is InChI=1S/C19H20N2O4/c1-24-15-6-7-16(18(12-15)25-2)17-8-9-21(20-17)19(23)11-13-4-3-5-14(22)10-13/h3-7,10,12,22H,8-9,11H2,1-2H3. The van der Waals surface area contributed by atoms with Crippen LogP contribution in [0.5, 0.6) is 17.2 Å². The lowest BCUT2D eigenvalue weighted by atomic mass is 10.1. The number of hydrogen-bond acceptors (Lipinski definition) is 5. The molecule has 1 N–H and O–H groups in total. The highest BCUT2D eigenvalue weighted by Crippen LogP contribution is 2.28. The van der Waals surface area contributed by atoms with E-state index in [1.54, 1.807) is 38.5 Å². The number of ether oxygens (including phenoxy) is 2. The maximum atomic E-state index is 12.4. The number of carbonyl (C=O) groups excluding carboxylic acids is 1. The summed E-state index contributed by atoms with van der Waals surface area (Å²) in [5, 5.41) is 15.4. The van der Waals surface area contributed by atoms with E-state index in [0.717, 1.165) is 16.8 Å². The number of carbonyl (C=O) groups is 1. The van der Waals surface area contributed by atoms with Crippen molar-refractivity contribution < 1.29 is 19.4 Å². The number of methoxy groups -OCH3 is 2. The minimum absolute atomic E-state index is 0.104. The summed E-state index contributed by atoms with van der Waals surface area (Å²) < 4.78 is 10.6. The second-order valence-corrected chi connectivity index (χ2v) is 5.73. The summed E-state index contributed by atoms with van der Waals surface area (Å²) in [5.41, 5.74) is 2.43. The van der Waals surface area contributed by atoms with E-state index in [2.05, 4.69) is 5.10 Å². The van der Waals surface area contributed by atoms with Crippen molar-refractivity contribution in [3.63, 3.8) is 0 Å². The number of hydrazone groups is 1. The van der Waals surface area contributed by atoms with Gasteiger partial charge in [0.2, 0.25) is 5.91 Å². The minimum Gasteiger partial charge on any atom is -0.508 e. The number of rotatable bonds is 5. The summed E-state index contributed by atoms with van der Waals surface area (Å²) in [7, 11) is 3.20. The maximum absolute atomic E-state index is 12.4. The molecule has 1 amide bonds. The Kier molecular flexibility index (Phi) is 4.88. The van der Waals surface area contributed by atoms with E-state index in [4.69, 9.17) is 9.47 Å². The SMILES string of the molecule is COc1ccc(C2=NN(C(=O)Cc3cccc(O)c3)CC2)c(OC)c1. The van der Waals surface area contributed by atoms with Gasteiger partial charge in [0.25, 0.3) is 0 Å². The van der Waals surface area contributed by atoms with Crippen molar-refractivity contribution >= 4 is 11.6 Å². The Morgan fingerprint density at radius 2 is 2.04 bits per heavy atom. The molecule has 2 aromatic rings. The summed E-state index contributed by atoms with van der Waals surface area (Å²) in [4.78, 5) is 12.4. The predicted molar refractivity (Wildman–Crippen MR) is 94.2 cm³/mol. The smallest absolute Gasteiger partial charge is 0.247 e. The lowest BCUT2D eigenvalue weighted by molar-refractivity contribution is -0.130. The van der Waals surface area contributed by atoms with Crippen LogP contribution in [0.25, 0.3) is 0 Å². The van der Waals surface area contributed by atoms with Crippen LogP contribution in [0.3, 0.4) is 0 Å². The molecule has 0 saturated heterocycles. The molecule has 0 spiro atoms. The van der Waals surface area contributed by atoms with Crippen LogP contribution in [0.4, 0.5) is 0 Å². The average molecular weight is 340 g/mol. The lowest BCUT2D eigenvalue weighted by Crippen LogP contribution is -2.25. The average Bonchev–Trinajstić information content (AvgIpc) is 3.11. The number of nitrogens with zero attached hydrogens (tertiary/aromatic N) is 2. The molecule has 0 aliphatic carbocycles. The van der Waals surface area contributed by atoms with Crippen molar-refractivity contribution in [2.45, 2.75) is 12.8 Å². The van der Waals surface area contributed by atoms with Crippen molar-refractivity contribution in [1.82, 2.24) is 5.01 Å². The van der Waals surface area contributed by atoms with E-state index in [0.29, 0.717) is 24.5 Å². The van der Waals surface area contributed by atoms with Crippen LogP contribution in [0.1, 0.15) is 17.5 Å². The van der Waals surface area contributed by atoms with Gasteiger partial charge in [0.1, 0.15) is 17.2 Å². The molecule has 0 atom stereocenters. The fourth-order valence-electron chi connectivity index (χ4n) is 2.80. The first kappa shape index (κ1) is 16.8. The Labute approximate surface area is 146 Å². The van der Waals surface area contributed by atoms with Gasteiger partial charge in [-0.1, -0.05) is 12.1 Å². The molecule has 6 nitrogen and oxygen atoms in total. The van der Waals surface area contributed by atoms with Gasteiger partial charge in [-0.15, -0.1) is 0 Å². The Bertz CT molecular complexity index is 817. The zero-order valence-corrected chi connectivity index (χ0v) is 14.2. The number of hydrogen-bond donors (Lipinski definition) is 1. The van der Waals surface area contributed by atoms with E-state index in [1.165, 1.54) is 5.01 Å². The lowest BCUT2D eigenvalue weighted by Gasteiger charge is -2.11. The van der Waals surface area contributed by atoms with Gasteiger partial charge in [0.15, 0.2) is 0 Å². The first-order chi connectivity index (χ1) is 12.1. The van der Waals surface area contributed by atoms with Gasteiger partial charge in [-0.3, -0.25) is 4.79 Å². The quantitative estimate of drug-likeness (QED) is 0.908. The molecule has 2 aromatic carbocycles. The Balaban J connectivity index is 1.77. The van der Waals surface area contributed by atoms with Crippen LogP contribution in [0, 0.1) is 0 Å². The Morgan fingerprint density at radius 1 is 1.20 bits per heavy atom. The Morgan fingerprint density at radius 3 is 2.76 bits per heavy atom. The molecular weight excluding hydrogens is 320 g/mol. The second kappa shape index (κ2) is 7.25. The first-order valence-corrected chi connectivity index (χ1v) is 7.99. The summed E-state index contributed by atoms with van der Waals surface area (Å²) >= 11 is 0. The topological polar surface area (TPSA) is 71.4 Å². The molecule has 25 heavy (non-hydrogen) atoms. The van der Waals surface area contributed by atoms with Gasteiger partial charge >= 0.3 is 0 Å². The van der Waals surface area contributed by atoms with Crippen molar-refractivity contribution in [2.24, 2.45) is 5.10 Å². The van der Waals surface area contributed by atoms with E-state index in [-0.39, 0.29) is 18.1 Å². The number of benzene rings is 2. The molecule has 3 rings (SSSR count). The third-order valence-corrected chi connectivity index (χ3v) is 4.08. The summed E-state index contributed by atoms with van der Waals surface area (Å²) in [6.45, 7) is 0.530. The van der Waals surface area contributed by atoms with Gasteiger partial charge in [-0.25, -0.2) is 5.01 Å². The molecule has 0 fully saturated rings. The van der Waals surface area contributed by atoms with Crippen molar-refractivity contribution in [1.29, 1.82) is 0 Å². The zero-order chi connectivity index (χ0) is 17.8.